The van der Waals surface area contributed by atoms with Crippen molar-refractivity contribution in [3.05, 3.63) is 36.0 Å². The molecule has 0 fully saturated rings. The molecule has 112 valence electrons. The van der Waals surface area contributed by atoms with Crippen LogP contribution in [0.2, 0.25) is 0 Å². The third-order valence-corrected chi connectivity index (χ3v) is 4.53. The average Bonchev–Trinajstić information content (AvgIpc) is 2.44. The molecule has 0 aliphatic carbocycles. The summed E-state index contributed by atoms with van der Waals surface area (Å²) in [4.78, 5) is 15.2. The minimum atomic E-state index is -3.64. The standard InChI is InChI=1S/C14H17N3O3S/c1-10-5-6-13(12-4-3-7-16-14(10)12)21(19,20)17-9-8-15-11(2)18/h3-7,17H,8-9H2,1-2H3,(H,15,18). The molecule has 0 atom stereocenters. The molecule has 0 saturated carbocycles. The number of amides is 1. The lowest BCUT2D eigenvalue weighted by Gasteiger charge is -2.10. The Kier molecular flexibility index (Phi) is 4.54. The first-order chi connectivity index (χ1) is 9.92. The number of rotatable bonds is 5. The molecule has 0 radical (unpaired) electrons. The van der Waals surface area contributed by atoms with E-state index in [9.17, 15) is 13.2 Å². The molecule has 0 aliphatic rings. The Balaban J connectivity index is 2.28. The first-order valence-electron chi connectivity index (χ1n) is 6.50. The number of carbonyl (C=O) groups excluding carboxylic acids is 1. The van der Waals surface area contributed by atoms with Gasteiger partial charge in [-0.2, -0.15) is 0 Å². The molecule has 0 aliphatic heterocycles. The van der Waals surface area contributed by atoms with Gasteiger partial charge in [0.25, 0.3) is 0 Å². The maximum Gasteiger partial charge on any atom is 0.241 e. The predicted octanol–water partition coefficient (Wildman–Crippen LogP) is 0.958. The maximum atomic E-state index is 12.4. The van der Waals surface area contributed by atoms with E-state index in [1.807, 2.05) is 6.92 Å². The van der Waals surface area contributed by atoms with Gasteiger partial charge in [0, 0.05) is 31.6 Å². The van der Waals surface area contributed by atoms with Gasteiger partial charge < -0.3 is 5.32 Å². The fourth-order valence-corrected chi connectivity index (χ4v) is 3.25. The van der Waals surface area contributed by atoms with Gasteiger partial charge in [-0.25, -0.2) is 13.1 Å². The van der Waals surface area contributed by atoms with E-state index >= 15 is 0 Å². The first kappa shape index (κ1) is 15.4. The van der Waals surface area contributed by atoms with Crippen LogP contribution in [0.3, 0.4) is 0 Å². The molecule has 1 amide bonds. The van der Waals surface area contributed by atoms with Crippen molar-refractivity contribution in [1.82, 2.24) is 15.0 Å². The number of hydrogen-bond donors (Lipinski definition) is 2. The second-order valence-corrected chi connectivity index (χ2v) is 6.40. The lowest BCUT2D eigenvalue weighted by Crippen LogP contribution is -2.33. The van der Waals surface area contributed by atoms with Gasteiger partial charge in [-0.3, -0.25) is 9.78 Å². The molecular weight excluding hydrogens is 290 g/mol. The molecule has 1 aromatic carbocycles. The lowest BCUT2D eigenvalue weighted by molar-refractivity contribution is -0.118. The average molecular weight is 307 g/mol. The second kappa shape index (κ2) is 6.19. The SMILES string of the molecule is CC(=O)NCCNS(=O)(=O)c1ccc(C)c2ncccc12. The minimum Gasteiger partial charge on any atom is -0.355 e. The molecule has 2 aromatic rings. The van der Waals surface area contributed by atoms with Gasteiger partial charge >= 0.3 is 0 Å². The topological polar surface area (TPSA) is 88.2 Å². The van der Waals surface area contributed by atoms with E-state index in [1.165, 1.54) is 6.92 Å². The van der Waals surface area contributed by atoms with Crippen molar-refractivity contribution in [1.29, 1.82) is 0 Å². The summed E-state index contributed by atoms with van der Waals surface area (Å²) >= 11 is 0. The maximum absolute atomic E-state index is 12.4. The Morgan fingerprint density at radius 2 is 2.00 bits per heavy atom. The van der Waals surface area contributed by atoms with Crippen molar-refractivity contribution in [2.45, 2.75) is 18.7 Å². The van der Waals surface area contributed by atoms with Gasteiger partial charge in [-0.1, -0.05) is 6.07 Å². The zero-order valence-corrected chi connectivity index (χ0v) is 12.7. The molecule has 21 heavy (non-hydrogen) atoms. The summed E-state index contributed by atoms with van der Waals surface area (Å²) in [7, 11) is -3.64. The van der Waals surface area contributed by atoms with Gasteiger partial charge in [0.05, 0.1) is 10.4 Å². The molecule has 0 saturated heterocycles. The largest absolute Gasteiger partial charge is 0.355 e. The van der Waals surface area contributed by atoms with Crippen molar-refractivity contribution in [3.63, 3.8) is 0 Å². The Bertz CT molecular complexity index is 772. The summed E-state index contributed by atoms with van der Waals surface area (Å²) in [5, 5.41) is 3.13. The highest BCUT2D eigenvalue weighted by atomic mass is 32.2. The van der Waals surface area contributed by atoms with Crippen LogP contribution in [0.25, 0.3) is 10.9 Å². The van der Waals surface area contributed by atoms with Crippen LogP contribution >= 0.6 is 0 Å². The molecule has 6 nitrogen and oxygen atoms in total. The van der Waals surface area contributed by atoms with Gasteiger partial charge in [-0.15, -0.1) is 0 Å². The fraction of sp³-hybridized carbons (Fsp3) is 0.286. The van der Waals surface area contributed by atoms with E-state index in [1.54, 1.807) is 30.5 Å². The lowest BCUT2D eigenvalue weighted by atomic mass is 10.1. The number of fused-ring (bicyclic) bond motifs is 1. The van der Waals surface area contributed by atoms with E-state index < -0.39 is 10.0 Å². The number of nitrogens with zero attached hydrogens (tertiary/aromatic N) is 1. The number of sulfonamides is 1. The zero-order chi connectivity index (χ0) is 15.5. The monoisotopic (exact) mass is 307 g/mol. The molecular formula is C14H17N3O3S. The Morgan fingerprint density at radius 3 is 2.71 bits per heavy atom. The quantitative estimate of drug-likeness (QED) is 0.805. The third kappa shape index (κ3) is 3.56. The van der Waals surface area contributed by atoms with E-state index in [2.05, 4.69) is 15.0 Å². The zero-order valence-electron chi connectivity index (χ0n) is 11.9. The van der Waals surface area contributed by atoms with Crippen LogP contribution in [0.1, 0.15) is 12.5 Å². The highest BCUT2D eigenvalue weighted by molar-refractivity contribution is 7.89. The van der Waals surface area contributed by atoms with Gasteiger partial charge in [0.1, 0.15) is 0 Å². The fourth-order valence-electron chi connectivity index (χ4n) is 2.02. The van der Waals surface area contributed by atoms with Gasteiger partial charge in [0.2, 0.25) is 15.9 Å². The molecule has 2 N–H and O–H groups in total. The van der Waals surface area contributed by atoms with Crippen LogP contribution in [0, 0.1) is 6.92 Å². The normalized spacial score (nSPS) is 11.5. The van der Waals surface area contributed by atoms with Crippen molar-refractivity contribution in [2.24, 2.45) is 0 Å². The summed E-state index contributed by atoms with van der Waals surface area (Å²) in [5.74, 6) is -0.195. The van der Waals surface area contributed by atoms with Crippen molar-refractivity contribution in [3.8, 4) is 0 Å². The van der Waals surface area contributed by atoms with Crippen LogP contribution in [-0.2, 0) is 14.8 Å². The van der Waals surface area contributed by atoms with Crippen LogP contribution < -0.4 is 10.0 Å². The molecule has 2 rings (SSSR count). The van der Waals surface area contributed by atoms with Crippen molar-refractivity contribution >= 4 is 26.8 Å². The molecule has 0 spiro atoms. The first-order valence-corrected chi connectivity index (χ1v) is 7.98. The molecule has 1 aromatic heterocycles. The van der Waals surface area contributed by atoms with Crippen molar-refractivity contribution in [2.75, 3.05) is 13.1 Å². The van der Waals surface area contributed by atoms with E-state index in [4.69, 9.17) is 0 Å². The van der Waals surface area contributed by atoms with Gasteiger partial charge in [-0.05, 0) is 30.7 Å². The van der Waals surface area contributed by atoms with Crippen molar-refractivity contribution < 1.29 is 13.2 Å². The number of benzene rings is 1. The van der Waals surface area contributed by atoms with Crippen LogP contribution in [0.15, 0.2) is 35.4 Å². The Hall–Kier alpha value is -1.99. The van der Waals surface area contributed by atoms with Crippen LogP contribution in [0.4, 0.5) is 0 Å². The number of carbonyl (C=O) groups is 1. The smallest absolute Gasteiger partial charge is 0.241 e. The van der Waals surface area contributed by atoms with E-state index in [0.29, 0.717) is 10.9 Å². The summed E-state index contributed by atoms with van der Waals surface area (Å²) in [6, 6.07) is 6.74. The minimum absolute atomic E-state index is 0.136. The van der Waals surface area contributed by atoms with Crippen LogP contribution in [-0.4, -0.2) is 32.4 Å². The Labute approximate surface area is 123 Å². The Morgan fingerprint density at radius 1 is 1.24 bits per heavy atom. The highest BCUT2D eigenvalue weighted by Gasteiger charge is 2.17. The number of nitrogens with one attached hydrogen (secondary N) is 2. The predicted molar refractivity (Wildman–Crippen MR) is 80.4 cm³/mol. The molecule has 0 bridgehead atoms. The number of pyridine rings is 1. The van der Waals surface area contributed by atoms with Crippen LogP contribution in [0.5, 0.6) is 0 Å². The van der Waals surface area contributed by atoms with E-state index in [-0.39, 0.29) is 23.9 Å². The number of hydrogen-bond acceptors (Lipinski definition) is 4. The summed E-state index contributed by atoms with van der Waals surface area (Å²) in [6.07, 6.45) is 1.63. The van der Waals surface area contributed by atoms with Gasteiger partial charge in [0.15, 0.2) is 0 Å². The number of aryl methyl sites for hydroxylation is 1. The molecule has 1 heterocycles. The summed E-state index contributed by atoms with van der Waals surface area (Å²) < 4.78 is 27.2. The molecule has 7 heteroatoms. The third-order valence-electron chi connectivity index (χ3n) is 3.01. The van der Waals surface area contributed by atoms with E-state index in [0.717, 1.165) is 5.56 Å². The number of aromatic nitrogens is 1. The summed E-state index contributed by atoms with van der Waals surface area (Å²) in [6.45, 7) is 3.65. The summed E-state index contributed by atoms with van der Waals surface area (Å²) in [5.41, 5.74) is 1.59. The second-order valence-electron chi connectivity index (χ2n) is 4.66. The highest BCUT2D eigenvalue weighted by Crippen LogP contribution is 2.23. The molecule has 0 unspecified atom stereocenters.